The number of nitrogens with zero attached hydrogens (tertiary/aromatic N) is 2. The van der Waals surface area contributed by atoms with Gasteiger partial charge >= 0.3 is 0 Å². The van der Waals surface area contributed by atoms with Crippen molar-refractivity contribution in [2.75, 3.05) is 6.54 Å². The fourth-order valence-electron chi connectivity index (χ4n) is 2.09. The Hall–Kier alpha value is -1.13. The normalized spacial score (nSPS) is 12.7. The average Bonchev–Trinajstić information content (AvgIpc) is 2.77. The summed E-state index contributed by atoms with van der Waals surface area (Å²) in [5.74, 6) is 0. The zero-order chi connectivity index (χ0) is 13.1. The molecule has 1 aromatic heterocycles. The number of nitrogens with one attached hydrogen (secondary N) is 1. The van der Waals surface area contributed by atoms with Gasteiger partial charge in [-0.15, -0.1) is 0 Å². The third-order valence-corrected chi connectivity index (χ3v) is 4.08. The van der Waals surface area contributed by atoms with Crippen LogP contribution in [0.1, 0.15) is 29.7 Å². The van der Waals surface area contributed by atoms with Gasteiger partial charge in [0.25, 0.3) is 0 Å². The van der Waals surface area contributed by atoms with Crippen LogP contribution >= 0.6 is 15.9 Å². The molecule has 96 valence electrons. The Bertz CT molecular complexity index is 534. The van der Waals surface area contributed by atoms with Crippen LogP contribution in [0.5, 0.6) is 0 Å². The molecule has 0 amide bonds. The molecule has 1 atom stereocenters. The molecule has 3 nitrogen and oxygen atoms in total. The quantitative estimate of drug-likeness (QED) is 0.940. The Morgan fingerprint density at radius 1 is 1.44 bits per heavy atom. The van der Waals surface area contributed by atoms with Crippen LogP contribution in [0.2, 0.25) is 0 Å². The van der Waals surface area contributed by atoms with Gasteiger partial charge in [-0.1, -0.05) is 41.1 Å². The third kappa shape index (κ3) is 2.65. The van der Waals surface area contributed by atoms with Crippen LogP contribution in [0, 0.1) is 6.92 Å². The minimum atomic E-state index is 0.179. The lowest BCUT2D eigenvalue weighted by Gasteiger charge is -2.19. The second-order valence-electron chi connectivity index (χ2n) is 4.42. The van der Waals surface area contributed by atoms with Crippen LogP contribution in [-0.2, 0) is 7.05 Å². The van der Waals surface area contributed by atoms with E-state index in [1.54, 1.807) is 0 Å². The van der Waals surface area contributed by atoms with Crippen LogP contribution in [0.3, 0.4) is 0 Å². The van der Waals surface area contributed by atoms with E-state index in [2.05, 4.69) is 64.6 Å². The summed E-state index contributed by atoms with van der Waals surface area (Å²) in [6.45, 7) is 5.15. The Kier molecular flexibility index (Phi) is 4.19. The molecule has 0 bridgehead atoms. The van der Waals surface area contributed by atoms with Gasteiger partial charge in [0.15, 0.2) is 0 Å². The van der Waals surface area contributed by atoms with E-state index in [1.807, 2.05) is 17.9 Å². The maximum atomic E-state index is 4.26. The van der Waals surface area contributed by atoms with Crippen molar-refractivity contribution in [3.63, 3.8) is 0 Å². The van der Waals surface area contributed by atoms with Crippen LogP contribution < -0.4 is 5.32 Å². The number of aryl methyl sites for hydroxylation is 2. The molecule has 0 fully saturated rings. The van der Waals surface area contributed by atoms with E-state index in [4.69, 9.17) is 0 Å². The Morgan fingerprint density at radius 3 is 2.83 bits per heavy atom. The molecule has 4 heteroatoms. The molecule has 1 N–H and O–H groups in total. The highest BCUT2D eigenvalue weighted by Gasteiger charge is 2.17. The second kappa shape index (κ2) is 5.67. The standard InChI is InChI=1S/C14H18BrN3/c1-4-16-14(11-8-17-18(3)9-11)12-7-5-6-10(2)13(12)15/h5-9,14,16H,4H2,1-3H3. The van der Waals surface area contributed by atoms with Gasteiger partial charge in [-0.25, -0.2) is 0 Å². The van der Waals surface area contributed by atoms with Crippen molar-refractivity contribution in [2.45, 2.75) is 19.9 Å². The summed E-state index contributed by atoms with van der Waals surface area (Å²) in [7, 11) is 1.94. The van der Waals surface area contributed by atoms with Gasteiger partial charge in [-0.2, -0.15) is 5.10 Å². The summed E-state index contributed by atoms with van der Waals surface area (Å²) in [5, 5.41) is 7.77. The lowest BCUT2D eigenvalue weighted by molar-refractivity contribution is 0.627. The van der Waals surface area contributed by atoms with Gasteiger partial charge in [0.1, 0.15) is 0 Å². The summed E-state index contributed by atoms with van der Waals surface area (Å²) in [4.78, 5) is 0. The Labute approximate surface area is 116 Å². The topological polar surface area (TPSA) is 29.9 Å². The molecule has 0 aliphatic carbocycles. The summed E-state index contributed by atoms with van der Waals surface area (Å²) in [6.07, 6.45) is 3.98. The lowest BCUT2D eigenvalue weighted by Crippen LogP contribution is -2.22. The van der Waals surface area contributed by atoms with Crippen molar-refractivity contribution in [3.8, 4) is 0 Å². The Morgan fingerprint density at radius 2 is 2.22 bits per heavy atom. The minimum Gasteiger partial charge on any atom is -0.306 e. The molecule has 1 heterocycles. The van der Waals surface area contributed by atoms with Crippen LogP contribution in [0.15, 0.2) is 35.1 Å². The monoisotopic (exact) mass is 307 g/mol. The smallest absolute Gasteiger partial charge is 0.0619 e. The first-order valence-corrected chi connectivity index (χ1v) is 6.89. The van der Waals surface area contributed by atoms with E-state index < -0.39 is 0 Å². The van der Waals surface area contributed by atoms with E-state index in [0.717, 1.165) is 6.54 Å². The number of aromatic nitrogens is 2. The molecule has 1 aromatic carbocycles. The van der Waals surface area contributed by atoms with Gasteiger partial charge in [0, 0.05) is 23.3 Å². The average molecular weight is 308 g/mol. The van der Waals surface area contributed by atoms with E-state index >= 15 is 0 Å². The van der Waals surface area contributed by atoms with Gasteiger partial charge in [0.2, 0.25) is 0 Å². The second-order valence-corrected chi connectivity index (χ2v) is 5.21. The highest BCUT2D eigenvalue weighted by molar-refractivity contribution is 9.10. The molecular formula is C14H18BrN3. The van der Waals surface area contributed by atoms with Crippen molar-refractivity contribution < 1.29 is 0 Å². The third-order valence-electron chi connectivity index (χ3n) is 3.00. The first-order valence-electron chi connectivity index (χ1n) is 6.10. The van der Waals surface area contributed by atoms with Gasteiger partial charge in [0.05, 0.1) is 12.2 Å². The summed E-state index contributed by atoms with van der Waals surface area (Å²) in [6, 6.07) is 6.53. The molecule has 0 radical (unpaired) electrons. The van der Waals surface area contributed by atoms with Gasteiger partial charge in [-0.05, 0) is 24.6 Å². The largest absolute Gasteiger partial charge is 0.306 e. The predicted octanol–water partition coefficient (Wildman–Crippen LogP) is 3.19. The van der Waals surface area contributed by atoms with E-state index in [9.17, 15) is 0 Å². The van der Waals surface area contributed by atoms with Gasteiger partial charge in [-0.3, -0.25) is 4.68 Å². The molecule has 2 rings (SSSR count). The van der Waals surface area contributed by atoms with Crippen LogP contribution in [0.4, 0.5) is 0 Å². The van der Waals surface area contributed by atoms with E-state index in [0.29, 0.717) is 0 Å². The fourth-order valence-corrected chi connectivity index (χ4v) is 2.59. The van der Waals surface area contributed by atoms with Crippen molar-refractivity contribution in [3.05, 3.63) is 51.8 Å². The van der Waals surface area contributed by atoms with Crippen molar-refractivity contribution in [1.82, 2.24) is 15.1 Å². The molecular weight excluding hydrogens is 290 g/mol. The molecule has 1 unspecified atom stereocenters. The summed E-state index contributed by atoms with van der Waals surface area (Å²) in [5.41, 5.74) is 3.69. The molecule has 0 aliphatic rings. The first-order chi connectivity index (χ1) is 8.63. The summed E-state index contributed by atoms with van der Waals surface area (Å²) < 4.78 is 3.00. The highest BCUT2D eigenvalue weighted by atomic mass is 79.9. The highest BCUT2D eigenvalue weighted by Crippen LogP contribution is 2.30. The fraction of sp³-hybridized carbons (Fsp3) is 0.357. The maximum Gasteiger partial charge on any atom is 0.0619 e. The first kappa shape index (κ1) is 13.3. The molecule has 2 aromatic rings. The molecule has 0 saturated heterocycles. The molecule has 0 aliphatic heterocycles. The van der Waals surface area contributed by atoms with E-state index in [-0.39, 0.29) is 6.04 Å². The summed E-state index contributed by atoms with van der Waals surface area (Å²) >= 11 is 3.69. The predicted molar refractivity (Wildman–Crippen MR) is 77.6 cm³/mol. The zero-order valence-electron chi connectivity index (χ0n) is 10.9. The van der Waals surface area contributed by atoms with E-state index in [1.165, 1.54) is 21.2 Å². The van der Waals surface area contributed by atoms with Crippen molar-refractivity contribution in [1.29, 1.82) is 0 Å². The van der Waals surface area contributed by atoms with Crippen molar-refractivity contribution in [2.24, 2.45) is 7.05 Å². The zero-order valence-corrected chi connectivity index (χ0v) is 12.5. The number of rotatable bonds is 4. The van der Waals surface area contributed by atoms with Gasteiger partial charge < -0.3 is 5.32 Å². The lowest BCUT2D eigenvalue weighted by atomic mass is 10.00. The minimum absolute atomic E-state index is 0.179. The van der Waals surface area contributed by atoms with Crippen LogP contribution in [0.25, 0.3) is 0 Å². The molecule has 0 saturated carbocycles. The number of benzene rings is 1. The SMILES string of the molecule is CCNC(c1cnn(C)c1)c1cccc(C)c1Br. The number of hydrogen-bond donors (Lipinski definition) is 1. The Balaban J connectivity index is 2.44. The van der Waals surface area contributed by atoms with Crippen LogP contribution in [-0.4, -0.2) is 16.3 Å². The number of halogens is 1. The van der Waals surface area contributed by atoms with Crippen molar-refractivity contribution >= 4 is 15.9 Å². The maximum absolute atomic E-state index is 4.26. The molecule has 18 heavy (non-hydrogen) atoms. The molecule has 0 spiro atoms. The number of hydrogen-bond acceptors (Lipinski definition) is 2.